The third-order valence-electron chi connectivity index (χ3n) is 2.53. The van der Waals surface area contributed by atoms with Gasteiger partial charge >= 0.3 is 23.9 Å². The Kier molecular flexibility index (Phi) is 29.6. The second-order valence-electron chi connectivity index (χ2n) is 5.62. The predicted molar refractivity (Wildman–Crippen MR) is 117 cm³/mol. The fourth-order valence-electron chi connectivity index (χ4n) is 0.808. The molecule has 0 aromatic rings. The Labute approximate surface area is 179 Å². The number of hydrogen-bond acceptors (Lipinski definition) is 6. The lowest BCUT2D eigenvalue weighted by molar-refractivity contribution is -0.139. The van der Waals surface area contributed by atoms with Crippen LogP contribution in [0.1, 0.15) is 53.4 Å². The van der Waals surface area contributed by atoms with Crippen molar-refractivity contribution in [3.8, 4) is 0 Å². The SMILES string of the molecule is C=C(C)C(=O)O.C=C(C)C(=O)OCCCC.C=CC(=O)O.C=CC(=O)OCCCC. The number of carbonyl (C=O) groups is 4. The first-order valence-electron chi connectivity index (χ1n) is 9.26. The summed E-state index contributed by atoms with van der Waals surface area (Å²) >= 11 is 0. The summed E-state index contributed by atoms with van der Waals surface area (Å²) in [6, 6.07) is 0. The number of aliphatic carboxylic acids is 2. The van der Waals surface area contributed by atoms with Gasteiger partial charge in [-0.2, -0.15) is 0 Å². The van der Waals surface area contributed by atoms with Crippen molar-refractivity contribution in [1.29, 1.82) is 0 Å². The molecule has 0 rings (SSSR count). The van der Waals surface area contributed by atoms with Crippen molar-refractivity contribution in [3.63, 3.8) is 0 Å². The number of unbranched alkanes of at least 4 members (excludes halogenated alkanes) is 2. The Balaban J connectivity index is -0.000000156. The van der Waals surface area contributed by atoms with Crippen molar-refractivity contribution in [2.75, 3.05) is 13.2 Å². The zero-order valence-electron chi connectivity index (χ0n) is 18.6. The van der Waals surface area contributed by atoms with Crippen LogP contribution >= 0.6 is 0 Å². The minimum absolute atomic E-state index is 0.176. The van der Waals surface area contributed by atoms with Gasteiger partial charge in [0, 0.05) is 23.3 Å². The smallest absolute Gasteiger partial charge is 0.333 e. The third kappa shape index (κ3) is 39.8. The molecule has 0 saturated heterocycles. The van der Waals surface area contributed by atoms with E-state index in [-0.39, 0.29) is 17.5 Å². The van der Waals surface area contributed by atoms with Gasteiger partial charge in [-0.3, -0.25) is 0 Å². The fraction of sp³-hybridized carbons (Fsp3) is 0.455. The van der Waals surface area contributed by atoms with Gasteiger partial charge in [0.05, 0.1) is 13.2 Å². The van der Waals surface area contributed by atoms with E-state index in [0.717, 1.165) is 31.8 Å². The molecule has 0 amide bonds. The lowest BCUT2D eigenvalue weighted by Crippen LogP contribution is -2.05. The predicted octanol–water partition coefficient (Wildman–Crippen LogP) is 4.33. The summed E-state index contributed by atoms with van der Waals surface area (Å²) in [5.41, 5.74) is 0.645. The molecule has 8 nitrogen and oxygen atoms in total. The maximum atomic E-state index is 10.7. The normalized spacial score (nSPS) is 8.13. The van der Waals surface area contributed by atoms with Crippen molar-refractivity contribution in [1.82, 2.24) is 0 Å². The molecule has 30 heavy (non-hydrogen) atoms. The van der Waals surface area contributed by atoms with Crippen LogP contribution in [-0.2, 0) is 28.7 Å². The molecular formula is C22H36O8. The molecule has 0 heterocycles. The van der Waals surface area contributed by atoms with Crippen LogP contribution in [0.5, 0.6) is 0 Å². The molecule has 0 aliphatic carbocycles. The largest absolute Gasteiger partial charge is 0.478 e. The maximum Gasteiger partial charge on any atom is 0.333 e. The minimum atomic E-state index is -0.981. The van der Waals surface area contributed by atoms with Crippen LogP contribution in [0.2, 0.25) is 0 Å². The van der Waals surface area contributed by atoms with Gasteiger partial charge in [-0.05, 0) is 26.7 Å². The standard InChI is InChI=1S/C8H14O2.C7H12O2.C4H6O2.C3H4O2/c1-4-5-6-10-8(9)7(2)3;1-3-5-6-9-7(8)4-2;1-3(2)4(5)6;1-2-3(4)5/h2,4-6H2,1,3H3;4H,2-3,5-6H2,1H3;1H2,2H3,(H,5,6);2H,1H2,(H,4,5). The van der Waals surface area contributed by atoms with Crippen LogP contribution in [-0.4, -0.2) is 47.3 Å². The van der Waals surface area contributed by atoms with Crippen molar-refractivity contribution in [2.45, 2.75) is 53.4 Å². The summed E-state index contributed by atoms with van der Waals surface area (Å²) in [4.78, 5) is 39.9. The van der Waals surface area contributed by atoms with Crippen LogP contribution in [0.4, 0.5) is 0 Å². The zero-order valence-corrected chi connectivity index (χ0v) is 18.6. The number of carboxylic acids is 2. The summed E-state index contributed by atoms with van der Waals surface area (Å²) in [6.45, 7) is 21.1. The summed E-state index contributed by atoms with van der Waals surface area (Å²) in [6.07, 6.45) is 5.96. The second kappa shape index (κ2) is 25.8. The summed E-state index contributed by atoms with van der Waals surface area (Å²) in [7, 11) is 0. The van der Waals surface area contributed by atoms with Crippen molar-refractivity contribution in [3.05, 3.63) is 49.6 Å². The van der Waals surface area contributed by atoms with E-state index in [0.29, 0.717) is 18.8 Å². The van der Waals surface area contributed by atoms with Crippen LogP contribution in [0, 0.1) is 0 Å². The molecule has 0 aromatic heterocycles. The van der Waals surface area contributed by atoms with E-state index < -0.39 is 11.9 Å². The molecule has 0 saturated carbocycles. The molecule has 0 bridgehead atoms. The summed E-state index contributed by atoms with van der Waals surface area (Å²) in [5, 5.41) is 15.5. The van der Waals surface area contributed by atoms with Gasteiger partial charge in [-0.25, -0.2) is 19.2 Å². The number of carboxylic acid groups (broad SMARTS) is 2. The molecule has 0 aromatic carbocycles. The minimum Gasteiger partial charge on any atom is -0.478 e. The lowest BCUT2D eigenvalue weighted by Gasteiger charge is -2.01. The van der Waals surface area contributed by atoms with E-state index in [9.17, 15) is 19.2 Å². The Morgan fingerprint density at radius 2 is 1.17 bits per heavy atom. The number of carbonyl (C=O) groups excluding carboxylic acids is 2. The molecular weight excluding hydrogens is 392 g/mol. The van der Waals surface area contributed by atoms with Gasteiger partial charge in [0.1, 0.15) is 0 Å². The van der Waals surface area contributed by atoms with E-state index in [1.54, 1.807) is 6.92 Å². The van der Waals surface area contributed by atoms with Crippen LogP contribution in [0.25, 0.3) is 0 Å². The highest BCUT2D eigenvalue weighted by atomic mass is 16.5. The molecule has 172 valence electrons. The Morgan fingerprint density at radius 3 is 1.40 bits per heavy atom. The highest BCUT2D eigenvalue weighted by Crippen LogP contribution is 1.94. The zero-order chi connectivity index (χ0) is 24.5. The maximum absolute atomic E-state index is 10.7. The number of ether oxygens (including phenoxy) is 2. The van der Waals surface area contributed by atoms with Crippen molar-refractivity contribution < 1.29 is 38.9 Å². The fourth-order valence-corrected chi connectivity index (χ4v) is 0.808. The van der Waals surface area contributed by atoms with Gasteiger partial charge in [-0.15, -0.1) is 0 Å². The first-order valence-corrected chi connectivity index (χ1v) is 9.26. The highest BCUT2D eigenvalue weighted by molar-refractivity contribution is 5.86. The lowest BCUT2D eigenvalue weighted by atomic mass is 10.3. The average Bonchev–Trinajstić information content (AvgIpc) is 2.69. The summed E-state index contributed by atoms with van der Waals surface area (Å²) < 4.78 is 9.48. The van der Waals surface area contributed by atoms with E-state index >= 15 is 0 Å². The number of esters is 2. The van der Waals surface area contributed by atoms with Gasteiger partial charge in [-0.1, -0.05) is 53.0 Å². The molecule has 0 unspecified atom stereocenters. The first-order chi connectivity index (χ1) is 13.9. The molecule has 0 atom stereocenters. The van der Waals surface area contributed by atoms with Gasteiger partial charge in [0.15, 0.2) is 0 Å². The molecule has 0 fully saturated rings. The van der Waals surface area contributed by atoms with Gasteiger partial charge in [0.2, 0.25) is 0 Å². The van der Waals surface area contributed by atoms with Crippen LogP contribution < -0.4 is 0 Å². The van der Waals surface area contributed by atoms with Crippen molar-refractivity contribution in [2.24, 2.45) is 0 Å². The molecule has 2 N–H and O–H groups in total. The Bertz CT molecular complexity index is 549. The second-order valence-corrected chi connectivity index (χ2v) is 5.62. The molecule has 0 spiro atoms. The van der Waals surface area contributed by atoms with Gasteiger partial charge in [0.25, 0.3) is 0 Å². The van der Waals surface area contributed by atoms with Gasteiger partial charge < -0.3 is 19.7 Å². The first kappa shape index (κ1) is 34.4. The number of hydrogen-bond donors (Lipinski definition) is 2. The highest BCUT2D eigenvalue weighted by Gasteiger charge is 2.00. The summed E-state index contributed by atoms with van der Waals surface area (Å²) in [5.74, 6) is -2.53. The van der Waals surface area contributed by atoms with Crippen LogP contribution in [0.3, 0.4) is 0 Å². The monoisotopic (exact) mass is 428 g/mol. The van der Waals surface area contributed by atoms with Crippen LogP contribution in [0.15, 0.2) is 49.6 Å². The topological polar surface area (TPSA) is 127 Å². The molecule has 8 heteroatoms. The quantitative estimate of drug-likeness (QED) is 0.299. The van der Waals surface area contributed by atoms with E-state index in [2.05, 4.69) is 38.0 Å². The third-order valence-corrected chi connectivity index (χ3v) is 2.53. The van der Waals surface area contributed by atoms with E-state index in [4.69, 9.17) is 14.9 Å². The number of rotatable bonds is 10. The van der Waals surface area contributed by atoms with E-state index in [1.807, 2.05) is 6.92 Å². The molecule has 0 radical (unpaired) electrons. The Morgan fingerprint density at radius 1 is 0.800 bits per heavy atom. The average molecular weight is 429 g/mol. The van der Waals surface area contributed by atoms with Crippen molar-refractivity contribution >= 4 is 23.9 Å². The molecule has 0 aliphatic rings. The van der Waals surface area contributed by atoms with E-state index in [1.165, 1.54) is 13.0 Å². The Hall–Kier alpha value is -3.16. The molecule has 0 aliphatic heterocycles.